The number of fused-ring (bicyclic) bond motifs is 1. The molecule has 0 saturated heterocycles. The molecule has 1 aliphatic rings. The van der Waals surface area contributed by atoms with Crippen molar-refractivity contribution in [3.05, 3.63) is 92.6 Å². The Labute approximate surface area is 184 Å². The third-order valence-electron chi connectivity index (χ3n) is 6.41. The molecule has 0 N–H and O–H groups in total. The lowest BCUT2D eigenvalue weighted by Crippen LogP contribution is -2.43. The van der Waals surface area contributed by atoms with E-state index in [0.29, 0.717) is 17.7 Å². The Morgan fingerprint density at radius 2 is 1.72 bits per heavy atom. The van der Waals surface area contributed by atoms with Crippen LogP contribution in [0.2, 0.25) is 0 Å². The highest BCUT2D eigenvalue weighted by atomic mass is 19.1. The third kappa shape index (κ3) is 3.47. The van der Waals surface area contributed by atoms with Gasteiger partial charge in [-0.1, -0.05) is 49.6 Å². The highest BCUT2D eigenvalue weighted by Crippen LogP contribution is 2.27. The lowest BCUT2D eigenvalue weighted by Gasteiger charge is -2.24. The normalized spacial score (nSPS) is 14.8. The maximum absolute atomic E-state index is 13.7. The van der Waals surface area contributed by atoms with Gasteiger partial charge in [-0.15, -0.1) is 0 Å². The predicted octanol–water partition coefficient (Wildman–Crippen LogP) is 4.35. The Morgan fingerprint density at radius 3 is 2.44 bits per heavy atom. The van der Waals surface area contributed by atoms with Crippen molar-refractivity contribution in [3.8, 4) is 5.69 Å². The fourth-order valence-electron chi connectivity index (χ4n) is 4.75. The van der Waals surface area contributed by atoms with Gasteiger partial charge >= 0.3 is 5.69 Å². The number of nitrogens with zero attached hydrogens (tertiary/aromatic N) is 4. The van der Waals surface area contributed by atoms with Gasteiger partial charge in [0.05, 0.1) is 12.0 Å². The van der Waals surface area contributed by atoms with E-state index in [9.17, 15) is 14.0 Å². The Hall–Kier alpha value is -3.48. The molecular formula is C25H25FN4O2. The van der Waals surface area contributed by atoms with Crippen LogP contribution in [0, 0.1) is 12.7 Å². The number of hydrogen-bond donors (Lipinski definition) is 0. The second-order valence-corrected chi connectivity index (χ2v) is 8.54. The van der Waals surface area contributed by atoms with Crippen molar-refractivity contribution in [2.45, 2.75) is 51.6 Å². The molecule has 0 aliphatic heterocycles. The summed E-state index contributed by atoms with van der Waals surface area (Å²) in [6, 6.07) is 13.7. The van der Waals surface area contributed by atoms with Gasteiger partial charge in [0.2, 0.25) is 0 Å². The van der Waals surface area contributed by atoms with Gasteiger partial charge in [-0.05, 0) is 49.1 Å². The molecule has 0 unspecified atom stereocenters. The second kappa shape index (κ2) is 8.22. The summed E-state index contributed by atoms with van der Waals surface area (Å²) in [6.07, 6.45) is 6.37. The molecule has 1 aliphatic carbocycles. The zero-order valence-corrected chi connectivity index (χ0v) is 18.0. The molecule has 6 nitrogen and oxygen atoms in total. The molecule has 5 rings (SSSR count). The summed E-state index contributed by atoms with van der Waals surface area (Å²) in [7, 11) is 0. The Morgan fingerprint density at radius 1 is 1.00 bits per heavy atom. The van der Waals surface area contributed by atoms with Gasteiger partial charge in [0.25, 0.3) is 5.56 Å². The molecule has 0 spiro atoms. The molecule has 1 fully saturated rings. The van der Waals surface area contributed by atoms with Crippen molar-refractivity contribution in [2.75, 3.05) is 0 Å². The number of halogens is 1. The first-order valence-electron chi connectivity index (χ1n) is 11.1. The van der Waals surface area contributed by atoms with E-state index in [1.54, 1.807) is 27.6 Å². The largest absolute Gasteiger partial charge is 0.337 e. The fraction of sp³-hybridized carbons (Fsp3) is 0.320. The smallest absolute Gasteiger partial charge is 0.320 e. The van der Waals surface area contributed by atoms with Gasteiger partial charge in [-0.2, -0.15) is 0 Å². The molecule has 0 atom stereocenters. The van der Waals surface area contributed by atoms with Crippen LogP contribution in [0.1, 0.15) is 49.3 Å². The van der Waals surface area contributed by atoms with Crippen molar-refractivity contribution in [2.24, 2.45) is 0 Å². The second-order valence-electron chi connectivity index (χ2n) is 8.54. The van der Waals surface area contributed by atoms with Crippen molar-refractivity contribution in [1.82, 2.24) is 18.7 Å². The predicted molar refractivity (Wildman–Crippen MR) is 122 cm³/mol. The van der Waals surface area contributed by atoms with E-state index in [1.807, 2.05) is 31.2 Å². The third-order valence-corrected chi connectivity index (χ3v) is 6.41. The molecule has 2 aromatic heterocycles. The summed E-state index contributed by atoms with van der Waals surface area (Å²) >= 11 is 0. The van der Waals surface area contributed by atoms with E-state index < -0.39 is 0 Å². The molecule has 164 valence electrons. The molecule has 0 radical (unpaired) electrons. The van der Waals surface area contributed by atoms with Crippen LogP contribution in [0.15, 0.2) is 64.4 Å². The first kappa shape index (κ1) is 20.4. The maximum atomic E-state index is 13.7. The summed E-state index contributed by atoms with van der Waals surface area (Å²) in [6.45, 7) is 2.31. The number of rotatable bonds is 4. The first-order valence-corrected chi connectivity index (χ1v) is 11.1. The van der Waals surface area contributed by atoms with E-state index in [0.717, 1.165) is 48.9 Å². The van der Waals surface area contributed by atoms with Gasteiger partial charge < -0.3 is 4.57 Å². The van der Waals surface area contributed by atoms with E-state index in [-0.39, 0.29) is 23.1 Å². The first-order chi connectivity index (χ1) is 15.5. The van der Waals surface area contributed by atoms with Crippen LogP contribution >= 0.6 is 0 Å². The molecule has 2 heterocycles. The number of benzene rings is 2. The van der Waals surface area contributed by atoms with Crippen LogP contribution in [0.25, 0.3) is 16.9 Å². The average Bonchev–Trinajstić information content (AvgIpc) is 3.21. The van der Waals surface area contributed by atoms with Gasteiger partial charge in [-0.3, -0.25) is 9.36 Å². The van der Waals surface area contributed by atoms with E-state index in [4.69, 9.17) is 0 Å². The SMILES string of the molecule is Cc1ccccc1-n1c(=O)n(C2CCCCC2)c(=O)c2c1ncn2Cc1ccc(F)cc1. The van der Waals surface area contributed by atoms with Gasteiger partial charge in [0.1, 0.15) is 5.82 Å². The van der Waals surface area contributed by atoms with Crippen LogP contribution in [-0.2, 0) is 6.54 Å². The monoisotopic (exact) mass is 432 g/mol. The van der Waals surface area contributed by atoms with Crippen molar-refractivity contribution in [3.63, 3.8) is 0 Å². The number of aryl methyl sites for hydroxylation is 1. The minimum absolute atomic E-state index is 0.113. The van der Waals surface area contributed by atoms with Gasteiger partial charge in [-0.25, -0.2) is 18.7 Å². The summed E-state index contributed by atoms with van der Waals surface area (Å²) in [5, 5.41) is 0. The van der Waals surface area contributed by atoms with Crippen LogP contribution in [0.4, 0.5) is 4.39 Å². The highest BCUT2D eigenvalue weighted by molar-refractivity contribution is 5.73. The molecule has 7 heteroatoms. The topological polar surface area (TPSA) is 61.8 Å². The standard InChI is InChI=1S/C25H25FN4O2/c1-17-7-5-6-10-21(17)30-23-22(24(31)29(25(30)32)20-8-3-2-4-9-20)28(16-27-23)15-18-11-13-19(26)14-12-18/h5-7,10-14,16,20H,2-4,8-9,15H2,1H3. The summed E-state index contributed by atoms with van der Waals surface area (Å²) in [4.78, 5) is 31.9. The fourth-order valence-corrected chi connectivity index (χ4v) is 4.75. The van der Waals surface area contributed by atoms with E-state index >= 15 is 0 Å². The van der Waals surface area contributed by atoms with Crippen molar-refractivity contribution >= 4 is 11.2 Å². The summed E-state index contributed by atoms with van der Waals surface area (Å²) in [5.74, 6) is -0.308. The number of aromatic nitrogens is 4. The van der Waals surface area contributed by atoms with Gasteiger partial charge in [0.15, 0.2) is 11.2 Å². The Kier molecular flexibility index (Phi) is 5.25. The average molecular weight is 432 g/mol. The lowest BCUT2D eigenvalue weighted by molar-refractivity contribution is 0.335. The molecule has 1 saturated carbocycles. The number of imidazole rings is 1. The number of para-hydroxylation sites is 1. The minimum Gasteiger partial charge on any atom is -0.320 e. The zero-order chi connectivity index (χ0) is 22.2. The lowest BCUT2D eigenvalue weighted by atomic mass is 9.95. The molecule has 32 heavy (non-hydrogen) atoms. The maximum Gasteiger partial charge on any atom is 0.337 e. The number of hydrogen-bond acceptors (Lipinski definition) is 3. The van der Waals surface area contributed by atoms with Crippen LogP contribution in [0.3, 0.4) is 0 Å². The summed E-state index contributed by atoms with van der Waals surface area (Å²) < 4.78 is 18.1. The molecule has 4 aromatic rings. The van der Waals surface area contributed by atoms with E-state index in [1.165, 1.54) is 16.7 Å². The quantitative estimate of drug-likeness (QED) is 0.482. The van der Waals surface area contributed by atoms with Gasteiger partial charge in [0, 0.05) is 12.6 Å². The highest BCUT2D eigenvalue weighted by Gasteiger charge is 2.25. The Bertz CT molecular complexity index is 1390. The van der Waals surface area contributed by atoms with Crippen LogP contribution < -0.4 is 11.2 Å². The molecule has 2 aromatic carbocycles. The summed E-state index contributed by atoms with van der Waals surface area (Å²) in [5.41, 5.74) is 2.60. The van der Waals surface area contributed by atoms with Crippen molar-refractivity contribution < 1.29 is 4.39 Å². The minimum atomic E-state index is -0.337. The Balaban J connectivity index is 1.78. The van der Waals surface area contributed by atoms with Crippen LogP contribution in [0.5, 0.6) is 0 Å². The van der Waals surface area contributed by atoms with Crippen LogP contribution in [-0.4, -0.2) is 18.7 Å². The zero-order valence-electron chi connectivity index (χ0n) is 18.0. The molecular weight excluding hydrogens is 407 g/mol. The van der Waals surface area contributed by atoms with E-state index in [2.05, 4.69) is 4.98 Å². The van der Waals surface area contributed by atoms with Crippen molar-refractivity contribution in [1.29, 1.82) is 0 Å². The molecule has 0 amide bonds. The molecule has 0 bridgehead atoms.